The molecule has 4 nitrogen and oxygen atoms in total. The maximum absolute atomic E-state index is 12.3. The van der Waals surface area contributed by atoms with Gasteiger partial charge in [-0.15, -0.1) is 0 Å². The van der Waals surface area contributed by atoms with Gasteiger partial charge in [0.25, 0.3) is 0 Å². The molecule has 2 atom stereocenters. The van der Waals surface area contributed by atoms with Gasteiger partial charge in [0.2, 0.25) is 11.8 Å². The van der Waals surface area contributed by atoms with Crippen LogP contribution in [-0.2, 0) is 16.0 Å². The van der Waals surface area contributed by atoms with Crippen molar-refractivity contribution in [1.82, 2.24) is 10.2 Å². The van der Waals surface area contributed by atoms with Gasteiger partial charge >= 0.3 is 0 Å². The lowest BCUT2D eigenvalue weighted by atomic mass is 9.94. The Bertz CT molecular complexity index is 473. The van der Waals surface area contributed by atoms with Gasteiger partial charge in [0.1, 0.15) is 0 Å². The van der Waals surface area contributed by atoms with Crippen LogP contribution in [0.5, 0.6) is 0 Å². The standard InChI is InChI=1S/C16H22N2O2/c1-12-11-18(9-8-13-6-4-3-5-7-13)16(20)14(12)10-15(19)17-2/h3-7,12,14H,8-11H2,1-2H3,(H,17,19)/t12-,14+/m0/s1. The van der Waals surface area contributed by atoms with Gasteiger partial charge in [-0.25, -0.2) is 0 Å². The summed E-state index contributed by atoms with van der Waals surface area (Å²) in [7, 11) is 1.61. The highest BCUT2D eigenvalue weighted by Gasteiger charge is 2.38. The molecule has 0 saturated carbocycles. The Kier molecular flexibility index (Phi) is 4.77. The highest BCUT2D eigenvalue weighted by molar-refractivity contribution is 5.87. The molecule has 0 aromatic heterocycles. The summed E-state index contributed by atoms with van der Waals surface area (Å²) >= 11 is 0. The first-order valence-corrected chi connectivity index (χ1v) is 7.15. The fourth-order valence-corrected chi connectivity index (χ4v) is 2.74. The molecule has 1 aromatic carbocycles. The Morgan fingerprint density at radius 1 is 1.35 bits per heavy atom. The summed E-state index contributed by atoms with van der Waals surface area (Å²) in [4.78, 5) is 25.7. The lowest BCUT2D eigenvalue weighted by Crippen LogP contribution is -2.31. The normalized spacial score (nSPS) is 22.1. The van der Waals surface area contributed by atoms with Gasteiger partial charge in [0, 0.05) is 26.6 Å². The quantitative estimate of drug-likeness (QED) is 0.883. The first-order chi connectivity index (χ1) is 9.61. The van der Waals surface area contributed by atoms with Crippen LogP contribution < -0.4 is 5.32 Å². The third-order valence-corrected chi connectivity index (χ3v) is 4.02. The first-order valence-electron chi connectivity index (χ1n) is 7.15. The Morgan fingerprint density at radius 2 is 2.05 bits per heavy atom. The van der Waals surface area contributed by atoms with E-state index >= 15 is 0 Å². The molecular formula is C16H22N2O2. The minimum atomic E-state index is -0.161. The van der Waals surface area contributed by atoms with E-state index < -0.39 is 0 Å². The van der Waals surface area contributed by atoms with Crippen LogP contribution >= 0.6 is 0 Å². The molecule has 1 fully saturated rings. The van der Waals surface area contributed by atoms with Crippen molar-refractivity contribution in [2.45, 2.75) is 19.8 Å². The van der Waals surface area contributed by atoms with Crippen molar-refractivity contribution in [3.8, 4) is 0 Å². The van der Waals surface area contributed by atoms with E-state index in [1.165, 1.54) is 5.56 Å². The lowest BCUT2D eigenvalue weighted by Gasteiger charge is -2.16. The topological polar surface area (TPSA) is 49.4 Å². The Hall–Kier alpha value is -1.84. The fourth-order valence-electron chi connectivity index (χ4n) is 2.74. The summed E-state index contributed by atoms with van der Waals surface area (Å²) in [6, 6.07) is 10.2. The van der Waals surface area contributed by atoms with Crippen molar-refractivity contribution in [1.29, 1.82) is 0 Å². The second-order valence-corrected chi connectivity index (χ2v) is 5.48. The van der Waals surface area contributed by atoms with Crippen LogP contribution in [0, 0.1) is 11.8 Å². The average Bonchev–Trinajstić information content (AvgIpc) is 2.73. The summed E-state index contributed by atoms with van der Waals surface area (Å²) < 4.78 is 0. The fraction of sp³-hybridized carbons (Fsp3) is 0.500. The van der Waals surface area contributed by atoms with Crippen molar-refractivity contribution in [3.05, 3.63) is 35.9 Å². The summed E-state index contributed by atoms with van der Waals surface area (Å²) in [5, 5.41) is 2.60. The number of hydrogen-bond donors (Lipinski definition) is 1. The first kappa shape index (κ1) is 14.6. The van der Waals surface area contributed by atoms with E-state index in [1.54, 1.807) is 7.05 Å². The van der Waals surface area contributed by atoms with Crippen LogP contribution in [0.2, 0.25) is 0 Å². The SMILES string of the molecule is CNC(=O)C[C@H]1C(=O)N(CCc2ccccc2)C[C@@H]1C. The third kappa shape index (κ3) is 3.38. The van der Waals surface area contributed by atoms with Crippen LogP contribution in [0.25, 0.3) is 0 Å². The molecule has 20 heavy (non-hydrogen) atoms. The van der Waals surface area contributed by atoms with Crippen molar-refractivity contribution in [2.75, 3.05) is 20.1 Å². The van der Waals surface area contributed by atoms with Gasteiger partial charge in [-0.05, 0) is 17.9 Å². The highest BCUT2D eigenvalue weighted by atomic mass is 16.2. The summed E-state index contributed by atoms with van der Waals surface area (Å²) in [5.74, 6) is 0.151. The average molecular weight is 274 g/mol. The number of carbonyl (C=O) groups excluding carboxylic acids is 2. The van der Waals surface area contributed by atoms with Crippen LogP contribution in [-0.4, -0.2) is 36.9 Å². The number of nitrogens with zero attached hydrogens (tertiary/aromatic N) is 1. The Balaban J connectivity index is 1.91. The van der Waals surface area contributed by atoms with E-state index in [9.17, 15) is 9.59 Å². The molecule has 0 radical (unpaired) electrons. The van der Waals surface area contributed by atoms with Gasteiger partial charge in [0.15, 0.2) is 0 Å². The molecule has 4 heteroatoms. The maximum atomic E-state index is 12.3. The molecule has 1 saturated heterocycles. The molecule has 1 aromatic rings. The molecular weight excluding hydrogens is 252 g/mol. The maximum Gasteiger partial charge on any atom is 0.226 e. The van der Waals surface area contributed by atoms with E-state index in [1.807, 2.05) is 30.0 Å². The van der Waals surface area contributed by atoms with E-state index in [-0.39, 0.29) is 23.7 Å². The predicted octanol–water partition coefficient (Wildman–Crippen LogP) is 1.46. The third-order valence-electron chi connectivity index (χ3n) is 4.02. The zero-order chi connectivity index (χ0) is 14.5. The Labute approximate surface area is 120 Å². The molecule has 2 amide bonds. The number of nitrogens with one attached hydrogen (secondary N) is 1. The predicted molar refractivity (Wildman–Crippen MR) is 78.1 cm³/mol. The second-order valence-electron chi connectivity index (χ2n) is 5.48. The van der Waals surface area contributed by atoms with Crippen LogP contribution in [0.4, 0.5) is 0 Å². The number of rotatable bonds is 5. The van der Waals surface area contributed by atoms with E-state index in [0.717, 1.165) is 19.5 Å². The molecule has 1 aliphatic rings. The van der Waals surface area contributed by atoms with E-state index in [4.69, 9.17) is 0 Å². The van der Waals surface area contributed by atoms with Crippen molar-refractivity contribution >= 4 is 11.8 Å². The molecule has 0 aliphatic carbocycles. The summed E-state index contributed by atoms with van der Waals surface area (Å²) in [6.45, 7) is 3.54. The van der Waals surface area contributed by atoms with Crippen molar-refractivity contribution in [3.63, 3.8) is 0 Å². The summed E-state index contributed by atoms with van der Waals surface area (Å²) in [5.41, 5.74) is 1.24. The number of amides is 2. The number of likely N-dealkylation sites (tertiary alicyclic amines) is 1. The smallest absolute Gasteiger partial charge is 0.226 e. The molecule has 0 bridgehead atoms. The molecule has 2 rings (SSSR count). The van der Waals surface area contributed by atoms with Gasteiger partial charge in [-0.1, -0.05) is 37.3 Å². The lowest BCUT2D eigenvalue weighted by molar-refractivity contribution is -0.134. The van der Waals surface area contributed by atoms with Gasteiger partial charge in [-0.3, -0.25) is 9.59 Å². The minimum absolute atomic E-state index is 0.0555. The zero-order valence-corrected chi connectivity index (χ0v) is 12.1. The van der Waals surface area contributed by atoms with Crippen molar-refractivity contribution in [2.24, 2.45) is 11.8 Å². The highest BCUT2D eigenvalue weighted by Crippen LogP contribution is 2.27. The Morgan fingerprint density at radius 3 is 2.70 bits per heavy atom. The van der Waals surface area contributed by atoms with E-state index in [2.05, 4.69) is 17.4 Å². The van der Waals surface area contributed by atoms with Gasteiger partial charge in [-0.2, -0.15) is 0 Å². The van der Waals surface area contributed by atoms with Crippen LogP contribution in [0.15, 0.2) is 30.3 Å². The molecule has 0 spiro atoms. The minimum Gasteiger partial charge on any atom is -0.359 e. The van der Waals surface area contributed by atoms with Gasteiger partial charge in [0.05, 0.1) is 5.92 Å². The number of carbonyl (C=O) groups is 2. The molecule has 1 aliphatic heterocycles. The monoisotopic (exact) mass is 274 g/mol. The second kappa shape index (κ2) is 6.55. The molecule has 0 unspecified atom stereocenters. The largest absolute Gasteiger partial charge is 0.359 e. The number of benzene rings is 1. The van der Waals surface area contributed by atoms with E-state index in [0.29, 0.717) is 6.42 Å². The van der Waals surface area contributed by atoms with Crippen molar-refractivity contribution < 1.29 is 9.59 Å². The van der Waals surface area contributed by atoms with Gasteiger partial charge < -0.3 is 10.2 Å². The summed E-state index contributed by atoms with van der Waals surface area (Å²) in [6.07, 6.45) is 1.17. The van der Waals surface area contributed by atoms with Crippen LogP contribution in [0.3, 0.4) is 0 Å². The number of hydrogen-bond acceptors (Lipinski definition) is 2. The molecule has 1 heterocycles. The molecule has 1 N–H and O–H groups in total. The molecule has 108 valence electrons. The van der Waals surface area contributed by atoms with Crippen LogP contribution in [0.1, 0.15) is 18.9 Å². The zero-order valence-electron chi connectivity index (χ0n) is 12.1.